The Kier molecular flexibility index (Phi) is 6.31. The minimum atomic E-state index is 0.278. The first-order valence-electron chi connectivity index (χ1n) is 8.95. The van der Waals surface area contributed by atoms with Gasteiger partial charge in [-0.15, -0.1) is 0 Å². The molecule has 3 nitrogen and oxygen atoms in total. The highest BCUT2D eigenvalue weighted by Gasteiger charge is 2.39. The van der Waals surface area contributed by atoms with Gasteiger partial charge in [0.15, 0.2) is 0 Å². The molecule has 0 aromatic rings. The van der Waals surface area contributed by atoms with Crippen LogP contribution in [0.15, 0.2) is 0 Å². The molecule has 0 radical (unpaired) electrons. The zero-order valence-corrected chi connectivity index (χ0v) is 13.7. The van der Waals surface area contributed by atoms with Gasteiger partial charge in [0.05, 0.1) is 0 Å². The number of nitrogens with two attached hydrogens (primary N) is 1. The molecular weight excluding hydrogens is 246 g/mol. The van der Waals surface area contributed by atoms with Gasteiger partial charge in [-0.3, -0.25) is 4.90 Å². The molecule has 0 bridgehead atoms. The van der Waals surface area contributed by atoms with Crippen molar-refractivity contribution < 1.29 is 0 Å². The van der Waals surface area contributed by atoms with E-state index in [-0.39, 0.29) is 5.54 Å². The van der Waals surface area contributed by atoms with Crippen molar-refractivity contribution in [1.29, 1.82) is 0 Å². The van der Waals surface area contributed by atoms with E-state index in [1.807, 2.05) is 0 Å². The minimum Gasteiger partial charge on any atom is -0.329 e. The van der Waals surface area contributed by atoms with Crippen LogP contribution >= 0.6 is 0 Å². The van der Waals surface area contributed by atoms with Gasteiger partial charge in [0, 0.05) is 18.1 Å². The van der Waals surface area contributed by atoms with Crippen molar-refractivity contribution in [3.8, 4) is 0 Å². The molecule has 1 heterocycles. The summed E-state index contributed by atoms with van der Waals surface area (Å²) in [5.74, 6) is 0. The lowest BCUT2D eigenvalue weighted by Crippen LogP contribution is -2.58. The van der Waals surface area contributed by atoms with Crippen molar-refractivity contribution in [1.82, 2.24) is 9.80 Å². The Labute approximate surface area is 125 Å². The smallest absolute Gasteiger partial charge is 0.0347 e. The van der Waals surface area contributed by atoms with E-state index in [1.54, 1.807) is 0 Å². The molecule has 2 aliphatic rings. The van der Waals surface area contributed by atoms with Crippen molar-refractivity contribution in [3.05, 3.63) is 0 Å². The Morgan fingerprint density at radius 2 is 1.80 bits per heavy atom. The first-order chi connectivity index (χ1) is 9.75. The van der Waals surface area contributed by atoms with Crippen LogP contribution in [0.2, 0.25) is 0 Å². The fourth-order valence-corrected chi connectivity index (χ4v) is 4.53. The van der Waals surface area contributed by atoms with Gasteiger partial charge >= 0.3 is 0 Å². The third kappa shape index (κ3) is 3.55. The zero-order chi connectivity index (χ0) is 14.4. The maximum absolute atomic E-state index is 6.32. The van der Waals surface area contributed by atoms with E-state index < -0.39 is 0 Å². The lowest BCUT2D eigenvalue weighted by molar-refractivity contribution is 0.0243. The third-order valence-electron chi connectivity index (χ3n) is 5.80. The van der Waals surface area contributed by atoms with Crippen molar-refractivity contribution >= 4 is 0 Å². The van der Waals surface area contributed by atoms with Crippen LogP contribution in [0.25, 0.3) is 0 Å². The van der Waals surface area contributed by atoms with Crippen LogP contribution in [0.3, 0.4) is 0 Å². The molecule has 1 unspecified atom stereocenters. The SMILES string of the molecule is CCN1CCCC(CN)(N(CC)C2CCCCC2)CC1. The zero-order valence-electron chi connectivity index (χ0n) is 13.7. The van der Waals surface area contributed by atoms with Gasteiger partial charge in [0.2, 0.25) is 0 Å². The Balaban J connectivity index is 2.09. The molecule has 118 valence electrons. The highest BCUT2D eigenvalue weighted by Crippen LogP contribution is 2.34. The molecule has 0 amide bonds. The summed E-state index contributed by atoms with van der Waals surface area (Å²) in [6.07, 6.45) is 10.9. The normalized spacial score (nSPS) is 30.6. The average Bonchev–Trinajstić information content (AvgIpc) is 2.72. The Morgan fingerprint density at radius 1 is 1.05 bits per heavy atom. The van der Waals surface area contributed by atoms with E-state index in [0.717, 1.165) is 12.6 Å². The first-order valence-corrected chi connectivity index (χ1v) is 8.95. The molecular formula is C17H35N3. The lowest BCUT2D eigenvalue weighted by Gasteiger charge is -2.48. The van der Waals surface area contributed by atoms with Gasteiger partial charge in [-0.2, -0.15) is 0 Å². The van der Waals surface area contributed by atoms with Gasteiger partial charge in [-0.05, 0) is 58.3 Å². The standard InChI is InChI=1S/C17H35N3/c1-3-19-13-8-11-17(15-18,12-14-19)20(4-2)16-9-6-5-7-10-16/h16H,3-15,18H2,1-2H3. The number of nitrogens with zero attached hydrogens (tertiary/aromatic N) is 2. The molecule has 0 aromatic carbocycles. The van der Waals surface area contributed by atoms with E-state index >= 15 is 0 Å². The van der Waals surface area contributed by atoms with E-state index in [9.17, 15) is 0 Å². The van der Waals surface area contributed by atoms with Gasteiger partial charge in [0.1, 0.15) is 0 Å². The second-order valence-corrected chi connectivity index (χ2v) is 6.79. The maximum atomic E-state index is 6.32. The number of hydrogen-bond donors (Lipinski definition) is 1. The largest absolute Gasteiger partial charge is 0.329 e. The number of rotatable bonds is 5. The fraction of sp³-hybridized carbons (Fsp3) is 1.00. The van der Waals surface area contributed by atoms with Crippen LogP contribution in [0.5, 0.6) is 0 Å². The predicted molar refractivity (Wildman–Crippen MR) is 87.0 cm³/mol. The summed E-state index contributed by atoms with van der Waals surface area (Å²) >= 11 is 0. The van der Waals surface area contributed by atoms with E-state index in [1.165, 1.54) is 77.5 Å². The second-order valence-electron chi connectivity index (χ2n) is 6.79. The minimum absolute atomic E-state index is 0.278. The number of likely N-dealkylation sites (tertiary alicyclic amines) is 1. The Hall–Kier alpha value is -0.120. The number of hydrogen-bond acceptors (Lipinski definition) is 3. The molecule has 20 heavy (non-hydrogen) atoms. The third-order valence-corrected chi connectivity index (χ3v) is 5.80. The van der Waals surface area contributed by atoms with E-state index in [4.69, 9.17) is 5.73 Å². The summed E-state index contributed by atoms with van der Waals surface area (Å²) < 4.78 is 0. The predicted octanol–water partition coefficient (Wildman–Crippen LogP) is 2.84. The van der Waals surface area contributed by atoms with Crippen LogP contribution in [0.4, 0.5) is 0 Å². The summed E-state index contributed by atoms with van der Waals surface area (Å²) in [5.41, 5.74) is 6.60. The van der Waals surface area contributed by atoms with Gasteiger partial charge < -0.3 is 10.6 Å². The average molecular weight is 281 g/mol. The topological polar surface area (TPSA) is 32.5 Å². The van der Waals surface area contributed by atoms with Crippen LogP contribution in [-0.4, -0.2) is 54.1 Å². The van der Waals surface area contributed by atoms with E-state index in [2.05, 4.69) is 23.6 Å². The van der Waals surface area contributed by atoms with Crippen LogP contribution in [-0.2, 0) is 0 Å². The van der Waals surface area contributed by atoms with Crippen molar-refractivity contribution in [3.63, 3.8) is 0 Å². The molecule has 0 spiro atoms. The van der Waals surface area contributed by atoms with Gasteiger partial charge in [-0.1, -0.05) is 33.1 Å². The molecule has 0 aromatic heterocycles. The summed E-state index contributed by atoms with van der Waals surface area (Å²) in [5, 5.41) is 0. The Bertz CT molecular complexity index is 275. The lowest BCUT2D eigenvalue weighted by atomic mass is 9.83. The Morgan fingerprint density at radius 3 is 2.40 bits per heavy atom. The maximum Gasteiger partial charge on any atom is 0.0347 e. The highest BCUT2D eigenvalue weighted by atomic mass is 15.2. The van der Waals surface area contributed by atoms with Crippen LogP contribution in [0, 0.1) is 0 Å². The van der Waals surface area contributed by atoms with E-state index in [0.29, 0.717) is 0 Å². The molecule has 2 fully saturated rings. The summed E-state index contributed by atoms with van der Waals surface area (Å²) in [6, 6.07) is 0.797. The molecule has 2 N–H and O–H groups in total. The molecule has 1 saturated carbocycles. The van der Waals surface area contributed by atoms with Crippen molar-refractivity contribution in [2.45, 2.75) is 76.8 Å². The molecule has 1 saturated heterocycles. The monoisotopic (exact) mass is 281 g/mol. The van der Waals surface area contributed by atoms with Crippen molar-refractivity contribution in [2.24, 2.45) is 5.73 Å². The summed E-state index contributed by atoms with van der Waals surface area (Å²) in [4.78, 5) is 5.41. The number of likely N-dealkylation sites (N-methyl/N-ethyl adjacent to an activating group) is 1. The first kappa shape index (κ1) is 16.3. The van der Waals surface area contributed by atoms with Crippen LogP contribution in [0.1, 0.15) is 65.2 Å². The fourth-order valence-electron chi connectivity index (χ4n) is 4.53. The second kappa shape index (κ2) is 7.77. The summed E-state index contributed by atoms with van der Waals surface area (Å²) in [6.45, 7) is 10.3. The van der Waals surface area contributed by atoms with Crippen LogP contribution < -0.4 is 5.73 Å². The van der Waals surface area contributed by atoms with Gasteiger partial charge in [-0.25, -0.2) is 0 Å². The highest BCUT2D eigenvalue weighted by molar-refractivity contribution is 4.97. The molecule has 3 heteroatoms. The molecule has 1 atom stereocenters. The molecule has 1 aliphatic heterocycles. The molecule has 2 rings (SSSR count). The molecule has 1 aliphatic carbocycles. The quantitative estimate of drug-likeness (QED) is 0.841. The van der Waals surface area contributed by atoms with Crippen molar-refractivity contribution in [2.75, 3.05) is 32.7 Å². The van der Waals surface area contributed by atoms with Gasteiger partial charge in [0.25, 0.3) is 0 Å². The summed E-state index contributed by atoms with van der Waals surface area (Å²) in [7, 11) is 0.